The van der Waals surface area contributed by atoms with E-state index in [0.717, 1.165) is 23.9 Å². The molecule has 0 saturated carbocycles. The van der Waals surface area contributed by atoms with E-state index in [0.29, 0.717) is 21.6 Å². The minimum atomic E-state index is -4.59. The monoisotopic (exact) mass is 593 g/mol. The summed E-state index contributed by atoms with van der Waals surface area (Å²) < 4.78 is 52.1. The van der Waals surface area contributed by atoms with Gasteiger partial charge in [0.15, 0.2) is 11.0 Å². The highest BCUT2D eigenvalue weighted by molar-refractivity contribution is 7.99. The minimum absolute atomic E-state index is 0.106. The maximum atomic E-state index is 13.5. The van der Waals surface area contributed by atoms with Gasteiger partial charge >= 0.3 is 6.18 Å². The molecule has 0 radical (unpaired) electrons. The number of halogens is 3. The lowest BCUT2D eigenvalue weighted by atomic mass is 10.2. The van der Waals surface area contributed by atoms with Crippen LogP contribution < -0.4 is 20.1 Å². The first-order valence-electron chi connectivity index (χ1n) is 11.4. The lowest BCUT2D eigenvalue weighted by Gasteiger charge is -2.14. The molecule has 40 heavy (non-hydrogen) atoms. The summed E-state index contributed by atoms with van der Waals surface area (Å²) in [7, 11) is 2.89. The summed E-state index contributed by atoms with van der Waals surface area (Å²) in [6.45, 7) is 1.56. The standard InChI is InChI=1S/C24H22F3N7O4S2/c1-13-30-32-22(40-13)29-20(35)12-39-23-33-31-19(34(23)16-6-4-5-15(9-16)24(25,26)27)11-28-21(36)14-7-17(37-2)10-18(8-14)38-3/h4-10H,11-12H2,1-3H3,(H,28,36)(H,29,32,35). The van der Waals surface area contributed by atoms with Crippen LogP contribution in [-0.2, 0) is 17.5 Å². The number of hydrogen-bond acceptors (Lipinski definition) is 10. The number of anilines is 1. The molecule has 4 rings (SSSR count). The number of ether oxygens (including phenoxy) is 2. The van der Waals surface area contributed by atoms with Gasteiger partial charge in [-0.3, -0.25) is 19.5 Å². The second kappa shape index (κ2) is 12.3. The molecular weight excluding hydrogens is 571 g/mol. The number of carbonyl (C=O) groups is 2. The second-order valence-electron chi connectivity index (χ2n) is 8.03. The molecular formula is C24H22F3N7O4S2. The second-order valence-corrected chi connectivity index (χ2v) is 10.2. The van der Waals surface area contributed by atoms with Gasteiger partial charge in [0.1, 0.15) is 16.5 Å². The van der Waals surface area contributed by atoms with Gasteiger partial charge in [-0.05, 0) is 37.3 Å². The third-order valence-corrected chi connectivity index (χ3v) is 6.94. The Labute approximate surface area is 234 Å². The SMILES string of the molecule is COc1cc(OC)cc(C(=O)NCc2nnc(SCC(=O)Nc3nnc(C)s3)n2-c2cccc(C(F)(F)F)c2)c1. The molecule has 0 aliphatic heterocycles. The van der Waals surface area contributed by atoms with Crippen molar-refractivity contribution in [2.45, 2.75) is 24.8 Å². The van der Waals surface area contributed by atoms with E-state index in [1.54, 1.807) is 13.0 Å². The molecule has 0 fully saturated rings. The Morgan fingerprint density at radius 3 is 2.38 bits per heavy atom. The van der Waals surface area contributed by atoms with Crippen LogP contribution in [0.5, 0.6) is 11.5 Å². The third kappa shape index (κ3) is 7.06. The van der Waals surface area contributed by atoms with Crippen LogP contribution in [0.1, 0.15) is 26.8 Å². The van der Waals surface area contributed by atoms with Crippen molar-refractivity contribution < 1.29 is 32.2 Å². The van der Waals surface area contributed by atoms with Gasteiger partial charge in [-0.1, -0.05) is 29.2 Å². The van der Waals surface area contributed by atoms with Crippen LogP contribution in [0.3, 0.4) is 0 Å². The van der Waals surface area contributed by atoms with Gasteiger partial charge in [0.05, 0.1) is 37.8 Å². The first-order valence-corrected chi connectivity index (χ1v) is 13.2. The van der Waals surface area contributed by atoms with Gasteiger partial charge in [0.2, 0.25) is 11.0 Å². The fourth-order valence-electron chi connectivity index (χ4n) is 3.42. The van der Waals surface area contributed by atoms with Crippen molar-refractivity contribution in [2.24, 2.45) is 0 Å². The summed E-state index contributed by atoms with van der Waals surface area (Å²) in [5.41, 5.74) is -0.535. The van der Waals surface area contributed by atoms with Crippen molar-refractivity contribution in [1.29, 1.82) is 0 Å². The molecule has 2 N–H and O–H groups in total. The highest BCUT2D eigenvalue weighted by Crippen LogP contribution is 2.32. The fourth-order valence-corrected chi connectivity index (χ4v) is 4.80. The number of amides is 2. The van der Waals surface area contributed by atoms with E-state index in [-0.39, 0.29) is 34.5 Å². The highest BCUT2D eigenvalue weighted by atomic mass is 32.2. The van der Waals surface area contributed by atoms with Gasteiger partial charge in [-0.2, -0.15) is 13.2 Å². The Hall–Kier alpha value is -4.18. The van der Waals surface area contributed by atoms with E-state index in [4.69, 9.17) is 9.47 Å². The van der Waals surface area contributed by atoms with Crippen LogP contribution >= 0.6 is 23.1 Å². The summed E-state index contributed by atoms with van der Waals surface area (Å²) in [5.74, 6) is -0.107. The molecule has 210 valence electrons. The van der Waals surface area contributed by atoms with Crippen molar-refractivity contribution in [1.82, 2.24) is 30.3 Å². The average Bonchev–Trinajstić information content (AvgIpc) is 3.54. The van der Waals surface area contributed by atoms with Crippen molar-refractivity contribution in [3.8, 4) is 17.2 Å². The summed E-state index contributed by atoms with van der Waals surface area (Å²) in [5, 5.41) is 22.2. The molecule has 2 aromatic carbocycles. The number of aromatic nitrogens is 5. The number of nitrogens with zero attached hydrogens (tertiary/aromatic N) is 5. The first-order chi connectivity index (χ1) is 19.1. The van der Waals surface area contributed by atoms with Crippen molar-refractivity contribution in [2.75, 3.05) is 25.3 Å². The average molecular weight is 594 g/mol. The van der Waals surface area contributed by atoms with Crippen LogP contribution in [-0.4, -0.2) is 56.7 Å². The molecule has 2 heterocycles. The zero-order chi connectivity index (χ0) is 28.9. The molecule has 16 heteroatoms. The molecule has 0 spiro atoms. The summed E-state index contributed by atoms with van der Waals surface area (Å²) in [4.78, 5) is 25.3. The quantitative estimate of drug-likeness (QED) is 0.261. The maximum Gasteiger partial charge on any atom is 0.416 e. The van der Waals surface area contributed by atoms with Crippen LogP contribution in [0.4, 0.5) is 18.3 Å². The fraction of sp³-hybridized carbons (Fsp3) is 0.250. The van der Waals surface area contributed by atoms with Crippen molar-refractivity contribution in [3.05, 3.63) is 64.4 Å². The van der Waals surface area contributed by atoms with E-state index in [1.165, 1.54) is 54.4 Å². The summed E-state index contributed by atoms with van der Waals surface area (Å²) in [6.07, 6.45) is -4.59. The van der Waals surface area contributed by atoms with E-state index in [2.05, 4.69) is 31.0 Å². The lowest BCUT2D eigenvalue weighted by molar-refractivity contribution is -0.137. The van der Waals surface area contributed by atoms with Crippen LogP contribution in [0, 0.1) is 6.92 Å². The zero-order valence-electron chi connectivity index (χ0n) is 21.3. The van der Waals surface area contributed by atoms with Gasteiger partial charge in [0.25, 0.3) is 5.91 Å². The Morgan fingerprint density at radius 1 is 1.02 bits per heavy atom. The molecule has 0 saturated heterocycles. The van der Waals surface area contributed by atoms with Crippen LogP contribution in [0.15, 0.2) is 47.6 Å². The number of carbonyl (C=O) groups excluding carboxylic acids is 2. The molecule has 0 atom stereocenters. The van der Waals surface area contributed by atoms with E-state index in [9.17, 15) is 22.8 Å². The molecule has 11 nitrogen and oxygen atoms in total. The van der Waals surface area contributed by atoms with Crippen LogP contribution in [0.25, 0.3) is 5.69 Å². The van der Waals surface area contributed by atoms with Gasteiger partial charge in [-0.15, -0.1) is 20.4 Å². The zero-order valence-corrected chi connectivity index (χ0v) is 22.9. The number of hydrogen-bond donors (Lipinski definition) is 2. The van der Waals surface area contributed by atoms with E-state index < -0.39 is 23.6 Å². The summed E-state index contributed by atoms with van der Waals surface area (Å²) in [6, 6.07) is 9.20. The molecule has 4 aromatic rings. The molecule has 0 bridgehead atoms. The van der Waals surface area contributed by atoms with Gasteiger partial charge < -0.3 is 14.8 Å². The molecule has 2 amide bonds. The van der Waals surface area contributed by atoms with Crippen molar-refractivity contribution in [3.63, 3.8) is 0 Å². The highest BCUT2D eigenvalue weighted by Gasteiger charge is 2.31. The number of thioether (sulfide) groups is 1. The number of alkyl halides is 3. The maximum absolute atomic E-state index is 13.5. The summed E-state index contributed by atoms with van der Waals surface area (Å²) >= 11 is 2.16. The molecule has 0 unspecified atom stereocenters. The molecule has 2 aromatic heterocycles. The third-order valence-electron chi connectivity index (χ3n) is 5.26. The van der Waals surface area contributed by atoms with Crippen LogP contribution in [0.2, 0.25) is 0 Å². The smallest absolute Gasteiger partial charge is 0.416 e. The Balaban J connectivity index is 1.58. The largest absolute Gasteiger partial charge is 0.497 e. The van der Waals surface area contributed by atoms with Crippen molar-refractivity contribution >= 4 is 40.0 Å². The topological polar surface area (TPSA) is 133 Å². The number of rotatable bonds is 10. The minimum Gasteiger partial charge on any atom is -0.497 e. The number of benzene rings is 2. The molecule has 0 aliphatic carbocycles. The number of methoxy groups -OCH3 is 2. The Bertz CT molecular complexity index is 1500. The predicted octanol–water partition coefficient (Wildman–Crippen LogP) is 4.12. The normalized spacial score (nSPS) is 11.2. The number of aryl methyl sites for hydroxylation is 1. The first kappa shape index (κ1) is 28.8. The van der Waals surface area contributed by atoms with Gasteiger partial charge in [0, 0.05) is 11.6 Å². The Kier molecular flexibility index (Phi) is 8.89. The Morgan fingerprint density at radius 2 is 1.75 bits per heavy atom. The van der Waals surface area contributed by atoms with Gasteiger partial charge in [-0.25, -0.2) is 0 Å². The molecule has 0 aliphatic rings. The lowest BCUT2D eigenvalue weighted by Crippen LogP contribution is -2.25. The predicted molar refractivity (Wildman–Crippen MR) is 141 cm³/mol. The van der Waals surface area contributed by atoms with E-state index >= 15 is 0 Å². The van der Waals surface area contributed by atoms with E-state index in [1.807, 2.05) is 0 Å². The number of nitrogens with one attached hydrogen (secondary N) is 2.